The van der Waals surface area contributed by atoms with Crippen molar-refractivity contribution in [2.75, 3.05) is 22.8 Å². The molecule has 166 valence electrons. The van der Waals surface area contributed by atoms with Gasteiger partial charge in [0.1, 0.15) is 0 Å². The first kappa shape index (κ1) is 23.6. The molecule has 2 heterocycles. The van der Waals surface area contributed by atoms with E-state index in [1.54, 1.807) is 13.2 Å². The van der Waals surface area contributed by atoms with E-state index >= 15 is 0 Å². The van der Waals surface area contributed by atoms with Crippen LogP contribution in [0.3, 0.4) is 0 Å². The topological polar surface area (TPSA) is 108 Å². The van der Waals surface area contributed by atoms with E-state index < -0.39 is 22.3 Å². The number of fused-ring (bicyclic) bond motifs is 2. The van der Waals surface area contributed by atoms with Crippen molar-refractivity contribution < 1.29 is 47.5 Å². The summed E-state index contributed by atoms with van der Waals surface area (Å²) in [5.74, 6) is 0. The second-order valence-corrected chi connectivity index (χ2v) is 9.89. The Hall–Kier alpha value is -1.59. The molecule has 11 heteroatoms. The van der Waals surface area contributed by atoms with Crippen LogP contribution in [0.2, 0.25) is 0 Å². The first-order valence-electron chi connectivity index (χ1n) is 10.7. The number of ether oxygens (including phenoxy) is 1. The van der Waals surface area contributed by atoms with Gasteiger partial charge in [-0.1, -0.05) is 6.07 Å². The zero-order chi connectivity index (χ0) is 21.6. The molecule has 1 atom stereocenters. The third-order valence-electron chi connectivity index (χ3n) is 6.33. The molecule has 1 aromatic carbocycles. The minimum Gasteiger partial charge on any atom is -0.423 e. The van der Waals surface area contributed by atoms with Crippen LogP contribution in [0.4, 0.5) is 16.2 Å². The number of carbonyl (C=O) groups is 1. The molecule has 5 rings (SSSR count). The standard InChI is InChI=1S/C21H27N5O4S.Na/c1-25-12-17(11-22-25)26(16-8-9-30-13-16)31(28,29)24-21(27)23-20-18-6-2-4-14(18)10-15-5-3-7-19(15)20;/h10-12,16H,2-9,13H2,1H3,(H2,23,24,27);/q;+1/p-1. The van der Waals surface area contributed by atoms with E-state index in [2.05, 4.69) is 21.2 Å². The number of aryl methyl sites for hydroxylation is 3. The Bertz CT molecular complexity index is 1100. The Morgan fingerprint density at radius 2 is 1.91 bits per heavy atom. The van der Waals surface area contributed by atoms with Crippen molar-refractivity contribution in [2.24, 2.45) is 7.05 Å². The first-order chi connectivity index (χ1) is 14.9. The van der Waals surface area contributed by atoms with Crippen LogP contribution in [0, 0.1) is 0 Å². The van der Waals surface area contributed by atoms with Crippen LogP contribution in [0.5, 0.6) is 0 Å². The Balaban J connectivity index is 0.00000245. The molecule has 0 saturated carbocycles. The minimum absolute atomic E-state index is 0. The largest absolute Gasteiger partial charge is 1.00 e. The van der Waals surface area contributed by atoms with Gasteiger partial charge in [-0.15, -0.1) is 0 Å². The zero-order valence-electron chi connectivity index (χ0n) is 18.5. The van der Waals surface area contributed by atoms with E-state index in [-0.39, 0.29) is 36.2 Å². The molecule has 0 spiro atoms. The average Bonchev–Trinajstić information content (AvgIpc) is 3.48. The predicted molar refractivity (Wildman–Crippen MR) is 117 cm³/mol. The summed E-state index contributed by atoms with van der Waals surface area (Å²) in [5, 5.41) is 6.91. The number of urea groups is 1. The normalized spacial score (nSPS) is 19.2. The van der Waals surface area contributed by atoms with Gasteiger partial charge in [-0.05, 0) is 72.9 Å². The molecule has 32 heavy (non-hydrogen) atoms. The van der Waals surface area contributed by atoms with Crippen molar-refractivity contribution in [1.29, 1.82) is 0 Å². The van der Waals surface area contributed by atoms with Crippen LogP contribution in [0.25, 0.3) is 4.72 Å². The van der Waals surface area contributed by atoms with Crippen LogP contribution in [0.1, 0.15) is 41.5 Å². The molecule has 9 nitrogen and oxygen atoms in total. The maximum Gasteiger partial charge on any atom is 1.00 e. The molecule has 2 aliphatic carbocycles. The van der Waals surface area contributed by atoms with E-state index in [4.69, 9.17) is 4.74 Å². The Morgan fingerprint density at radius 1 is 1.22 bits per heavy atom. The summed E-state index contributed by atoms with van der Waals surface area (Å²) < 4.78 is 38.1. The monoisotopic (exact) mass is 467 g/mol. The molecule has 1 saturated heterocycles. The van der Waals surface area contributed by atoms with Gasteiger partial charge >= 0.3 is 29.6 Å². The second-order valence-electron chi connectivity index (χ2n) is 8.42. The summed E-state index contributed by atoms with van der Waals surface area (Å²) in [7, 11) is -2.57. The molecule has 2 amide bonds. The zero-order valence-corrected chi connectivity index (χ0v) is 21.3. The second kappa shape index (κ2) is 9.34. The fourth-order valence-electron chi connectivity index (χ4n) is 5.01. The van der Waals surface area contributed by atoms with Crippen LogP contribution in [-0.2, 0) is 47.7 Å². The van der Waals surface area contributed by atoms with E-state index in [1.165, 1.54) is 22.0 Å². The number of benzene rings is 1. The van der Waals surface area contributed by atoms with Crippen molar-refractivity contribution in [2.45, 2.75) is 51.0 Å². The van der Waals surface area contributed by atoms with Gasteiger partial charge in [0.2, 0.25) is 0 Å². The van der Waals surface area contributed by atoms with Gasteiger partial charge in [0.05, 0.1) is 24.5 Å². The fourth-order valence-corrected chi connectivity index (χ4v) is 6.25. The Kier molecular flexibility index (Phi) is 6.88. The Morgan fingerprint density at radius 3 is 2.47 bits per heavy atom. The third-order valence-corrected chi connectivity index (χ3v) is 7.74. The number of hydrogen-bond acceptors (Lipinski definition) is 5. The summed E-state index contributed by atoms with van der Waals surface area (Å²) in [5.41, 5.74) is 5.95. The number of nitrogens with zero attached hydrogens (tertiary/aromatic N) is 4. The van der Waals surface area contributed by atoms with E-state index in [9.17, 15) is 13.2 Å². The number of carbonyl (C=O) groups excluding carboxylic acids is 1. The molecule has 1 aliphatic heterocycles. The van der Waals surface area contributed by atoms with Crippen molar-refractivity contribution in [3.8, 4) is 0 Å². The summed E-state index contributed by atoms with van der Waals surface area (Å²) >= 11 is 0. The van der Waals surface area contributed by atoms with Gasteiger partial charge in [-0.3, -0.25) is 13.8 Å². The third kappa shape index (κ3) is 4.43. The molecule has 3 aliphatic rings. The molecule has 0 bridgehead atoms. The number of nitrogens with one attached hydrogen (secondary N) is 1. The minimum atomic E-state index is -4.28. The molecular formula is C21H26N5NaO4S. The van der Waals surface area contributed by atoms with Crippen LogP contribution in [0.15, 0.2) is 18.5 Å². The van der Waals surface area contributed by atoms with Crippen LogP contribution >= 0.6 is 0 Å². The summed E-state index contributed by atoms with van der Waals surface area (Å²) in [4.78, 5) is 12.8. The van der Waals surface area contributed by atoms with Gasteiger partial charge in [-0.25, -0.2) is 8.42 Å². The molecule has 1 unspecified atom stereocenters. The smallest absolute Gasteiger partial charge is 0.423 e. The maximum atomic E-state index is 13.2. The van der Waals surface area contributed by atoms with Crippen LogP contribution < -0.4 is 39.2 Å². The van der Waals surface area contributed by atoms with Gasteiger partial charge in [0, 0.05) is 19.9 Å². The number of hydrogen-bond donors (Lipinski definition) is 1. The number of aromatic nitrogens is 2. The van der Waals surface area contributed by atoms with Crippen molar-refractivity contribution in [1.82, 2.24) is 9.78 Å². The van der Waals surface area contributed by atoms with Gasteiger partial charge < -0.3 is 14.8 Å². The van der Waals surface area contributed by atoms with Gasteiger partial charge in [0.15, 0.2) is 6.03 Å². The SMILES string of the molecule is Cn1cc(N(C2CCOC2)S(=O)(=O)[N-]C(=O)Nc2c3c(cc4c2CCC4)CCC3)cn1.[Na+]. The van der Waals surface area contributed by atoms with Crippen LogP contribution in [-0.4, -0.2) is 43.5 Å². The molecule has 0 radical (unpaired) electrons. The Labute approximate surface area is 210 Å². The average molecular weight is 468 g/mol. The fraction of sp³-hybridized carbons (Fsp3) is 0.524. The number of anilines is 2. The molecule has 1 fully saturated rings. The quantitative estimate of drug-likeness (QED) is 0.616. The number of rotatable bonds is 5. The molecule has 1 aromatic heterocycles. The van der Waals surface area contributed by atoms with E-state index in [1.807, 2.05) is 0 Å². The molecule has 1 N–H and O–H groups in total. The van der Waals surface area contributed by atoms with Gasteiger partial charge in [-0.2, -0.15) is 5.10 Å². The maximum absolute atomic E-state index is 13.2. The molecular weight excluding hydrogens is 441 g/mol. The van der Waals surface area contributed by atoms with Crippen molar-refractivity contribution in [3.63, 3.8) is 0 Å². The predicted octanol–water partition coefficient (Wildman–Crippen LogP) is -0.153. The first-order valence-corrected chi connectivity index (χ1v) is 12.1. The van der Waals surface area contributed by atoms with Crippen molar-refractivity contribution >= 4 is 27.6 Å². The van der Waals surface area contributed by atoms with E-state index in [0.717, 1.165) is 59.6 Å². The summed E-state index contributed by atoms with van der Waals surface area (Å²) in [6, 6.07) is 0.983. The molecule has 2 aromatic rings. The summed E-state index contributed by atoms with van der Waals surface area (Å²) in [6.07, 6.45) is 9.47. The van der Waals surface area contributed by atoms with E-state index in [0.29, 0.717) is 18.7 Å². The van der Waals surface area contributed by atoms with Crippen molar-refractivity contribution in [3.05, 3.63) is 45.4 Å². The number of amides is 2. The summed E-state index contributed by atoms with van der Waals surface area (Å²) in [6.45, 7) is 0.719. The van der Waals surface area contributed by atoms with Gasteiger partial charge in [0.25, 0.3) is 10.2 Å².